The monoisotopic (exact) mass is 476 g/mol. The largest absolute Gasteiger partial charge is 0.493 e. The molecule has 0 spiro atoms. The lowest BCUT2D eigenvalue weighted by molar-refractivity contribution is -0.126. The molecule has 2 saturated heterocycles. The van der Waals surface area contributed by atoms with Crippen molar-refractivity contribution in [1.29, 1.82) is 0 Å². The number of ether oxygens (including phenoxy) is 2. The summed E-state index contributed by atoms with van der Waals surface area (Å²) in [4.78, 5) is 34.2. The van der Waals surface area contributed by atoms with Crippen molar-refractivity contribution in [2.45, 2.75) is 25.5 Å². The fourth-order valence-corrected chi connectivity index (χ4v) is 4.60. The first kappa shape index (κ1) is 22.9. The minimum atomic E-state index is -1.01. The van der Waals surface area contributed by atoms with E-state index in [-0.39, 0.29) is 0 Å². The van der Waals surface area contributed by atoms with Crippen molar-refractivity contribution >= 4 is 23.2 Å². The third kappa shape index (κ3) is 4.00. The molecule has 0 aliphatic carbocycles. The van der Waals surface area contributed by atoms with Crippen molar-refractivity contribution in [3.8, 4) is 11.5 Å². The molecule has 0 saturated carbocycles. The van der Waals surface area contributed by atoms with Crippen LogP contribution in [-0.4, -0.2) is 31.6 Å². The fraction of sp³-hybridized carbons (Fsp3) is 0.259. The SMILES string of the molecule is CCCOc1ccc([C@@H]2[C@@H]3C(=O)N(c4ccc(F)cc4)C(=O)[C@@H]3ON2c2ccccc2)cc1OC. The predicted molar refractivity (Wildman–Crippen MR) is 128 cm³/mol. The summed E-state index contributed by atoms with van der Waals surface area (Å²) in [7, 11) is 1.56. The standard InChI is InChI=1S/C27H25FN2O5/c1-3-15-34-21-14-9-17(16-22(21)33-2)24-23-25(35-30(24)20-7-5-4-6-8-20)27(32)29(26(23)31)19-12-10-18(28)11-13-19/h4-14,16,23-25H,3,15H2,1-2H3/t23-,24+,25+/m0/s1. The van der Waals surface area contributed by atoms with Crippen molar-refractivity contribution in [3.05, 3.63) is 84.2 Å². The lowest BCUT2D eigenvalue weighted by Crippen LogP contribution is -2.37. The summed E-state index contributed by atoms with van der Waals surface area (Å²) in [5.74, 6) is -1.01. The maximum Gasteiger partial charge on any atom is 0.266 e. The van der Waals surface area contributed by atoms with Crippen LogP contribution in [0.5, 0.6) is 11.5 Å². The molecule has 5 rings (SSSR count). The molecule has 7 nitrogen and oxygen atoms in total. The number of amides is 2. The first-order chi connectivity index (χ1) is 17.0. The highest BCUT2D eigenvalue weighted by atomic mass is 19.1. The van der Waals surface area contributed by atoms with Crippen molar-refractivity contribution in [1.82, 2.24) is 0 Å². The van der Waals surface area contributed by atoms with Gasteiger partial charge in [-0.05, 0) is 60.5 Å². The van der Waals surface area contributed by atoms with Crippen LogP contribution in [0, 0.1) is 11.7 Å². The van der Waals surface area contributed by atoms with Gasteiger partial charge in [0.15, 0.2) is 17.6 Å². The molecule has 2 aliphatic rings. The van der Waals surface area contributed by atoms with Gasteiger partial charge in [0, 0.05) is 0 Å². The van der Waals surface area contributed by atoms with E-state index in [1.165, 1.54) is 24.3 Å². The van der Waals surface area contributed by atoms with Crippen LogP contribution < -0.4 is 19.4 Å². The summed E-state index contributed by atoms with van der Waals surface area (Å²) in [6.45, 7) is 2.56. The Hall–Kier alpha value is -3.91. The van der Waals surface area contributed by atoms with Crippen LogP contribution in [0.4, 0.5) is 15.8 Å². The zero-order valence-corrected chi connectivity index (χ0v) is 19.4. The third-order valence-electron chi connectivity index (χ3n) is 6.20. The van der Waals surface area contributed by atoms with Crippen LogP contribution in [-0.2, 0) is 14.4 Å². The topological polar surface area (TPSA) is 68.3 Å². The van der Waals surface area contributed by atoms with E-state index in [4.69, 9.17) is 14.3 Å². The molecule has 3 aromatic carbocycles. The van der Waals surface area contributed by atoms with Crippen molar-refractivity contribution < 1.29 is 28.3 Å². The highest BCUT2D eigenvalue weighted by molar-refractivity contribution is 6.23. The quantitative estimate of drug-likeness (QED) is 0.462. The molecule has 3 aromatic rings. The Labute approximate surface area is 202 Å². The van der Waals surface area contributed by atoms with Crippen LogP contribution in [0.15, 0.2) is 72.8 Å². The van der Waals surface area contributed by atoms with Crippen molar-refractivity contribution in [2.24, 2.45) is 5.92 Å². The summed E-state index contributed by atoms with van der Waals surface area (Å²) in [6, 6.07) is 19.5. The summed E-state index contributed by atoms with van der Waals surface area (Å²) in [6.07, 6.45) is -0.164. The molecule has 0 unspecified atom stereocenters. The molecule has 35 heavy (non-hydrogen) atoms. The summed E-state index contributed by atoms with van der Waals surface area (Å²) in [5.41, 5.74) is 1.76. The number of fused-ring (bicyclic) bond motifs is 1. The number of para-hydroxylation sites is 1. The van der Waals surface area contributed by atoms with E-state index in [1.807, 2.05) is 49.4 Å². The second-order valence-electron chi connectivity index (χ2n) is 8.41. The number of methoxy groups -OCH3 is 1. The Morgan fingerprint density at radius 2 is 1.66 bits per heavy atom. The number of hydrogen-bond acceptors (Lipinski definition) is 6. The van der Waals surface area contributed by atoms with Gasteiger partial charge < -0.3 is 9.47 Å². The second kappa shape index (κ2) is 9.38. The smallest absolute Gasteiger partial charge is 0.266 e. The van der Waals surface area contributed by atoms with Gasteiger partial charge in [0.1, 0.15) is 11.7 Å². The Morgan fingerprint density at radius 1 is 0.914 bits per heavy atom. The number of rotatable bonds is 7. The zero-order chi connectivity index (χ0) is 24.5. The molecule has 3 atom stereocenters. The highest BCUT2D eigenvalue weighted by Crippen LogP contribution is 2.48. The molecular formula is C27H25FN2O5. The minimum Gasteiger partial charge on any atom is -0.493 e. The maximum atomic E-state index is 13.7. The van der Waals surface area contributed by atoms with Crippen LogP contribution in [0.2, 0.25) is 0 Å². The van der Waals surface area contributed by atoms with Gasteiger partial charge in [-0.1, -0.05) is 31.2 Å². The van der Waals surface area contributed by atoms with Gasteiger partial charge in [0.25, 0.3) is 5.91 Å². The minimum absolute atomic E-state index is 0.310. The molecule has 0 bridgehead atoms. The normalized spacial score (nSPS) is 21.4. The lowest BCUT2D eigenvalue weighted by atomic mass is 9.90. The van der Waals surface area contributed by atoms with Gasteiger partial charge >= 0.3 is 0 Å². The molecule has 2 heterocycles. The average Bonchev–Trinajstić information content (AvgIpc) is 3.39. The molecule has 0 aromatic heterocycles. The number of anilines is 2. The third-order valence-corrected chi connectivity index (χ3v) is 6.20. The number of carbonyl (C=O) groups is 2. The van der Waals surface area contributed by atoms with Gasteiger partial charge in [-0.15, -0.1) is 0 Å². The van der Waals surface area contributed by atoms with Crippen LogP contribution in [0.1, 0.15) is 24.9 Å². The van der Waals surface area contributed by atoms with E-state index in [9.17, 15) is 14.0 Å². The van der Waals surface area contributed by atoms with Gasteiger partial charge in [-0.3, -0.25) is 14.4 Å². The lowest BCUT2D eigenvalue weighted by Gasteiger charge is -2.29. The Morgan fingerprint density at radius 3 is 2.34 bits per heavy atom. The fourth-order valence-electron chi connectivity index (χ4n) is 4.60. The predicted octanol–water partition coefficient (Wildman–Crippen LogP) is 4.67. The molecule has 2 fully saturated rings. The summed E-state index contributed by atoms with van der Waals surface area (Å²) in [5, 5.41) is 1.62. The maximum absolute atomic E-state index is 13.7. The first-order valence-corrected chi connectivity index (χ1v) is 11.5. The average molecular weight is 477 g/mol. The van der Waals surface area contributed by atoms with Gasteiger partial charge in [-0.25, -0.2) is 14.4 Å². The number of halogens is 1. The van der Waals surface area contributed by atoms with E-state index in [0.717, 1.165) is 16.9 Å². The number of carbonyl (C=O) groups excluding carboxylic acids is 2. The first-order valence-electron chi connectivity index (χ1n) is 11.5. The van der Waals surface area contributed by atoms with Crippen molar-refractivity contribution in [2.75, 3.05) is 23.7 Å². The molecule has 2 aliphatic heterocycles. The zero-order valence-electron chi connectivity index (χ0n) is 19.4. The second-order valence-corrected chi connectivity index (χ2v) is 8.41. The molecule has 8 heteroatoms. The number of hydroxylamine groups is 1. The van der Waals surface area contributed by atoms with Crippen molar-refractivity contribution in [3.63, 3.8) is 0 Å². The molecule has 0 N–H and O–H groups in total. The Kier molecular flexibility index (Phi) is 6.13. The molecule has 2 amide bonds. The summed E-state index contributed by atoms with van der Waals surface area (Å²) < 4.78 is 24.8. The van der Waals surface area contributed by atoms with E-state index < -0.39 is 35.7 Å². The number of benzene rings is 3. The summed E-state index contributed by atoms with van der Waals surface area (Å²) >= 11 is 0. The molecule has 180 valence electrons. The Balaban J connectivity index is 1.57. The van der Waals surface area contributed by atoms with E-state index in [2.05, 4.69) is 0 Å². The van der Waals surface area contributed by atoms with Crippen LogP contribution >= 0.6 is 0 Å². The number of nitrogens with zero attached hydrogens (tertiary/aromatic N) is 2. The Bertz CT molecular complexity index is 1230. The number of hydrogen-bond donors (Lipinski definition) is 0. The highest BCUT2D eigenvalue weighted by Gasteiger charge is 2.60. The van der Waals surface area contributed by atoms with E-state index in [1.54, 1.807) is 18.2 Å². The van der Waals surface area contributed by atoms with Gasteiger partial charge in [-0.2, -0.15) is 0 Å². The molecular weight excluding hydrogens is 451 g/mol. The van der Waals surface area contributed by atoms with Crippen LogP contribution in [0.3, 0.4) is 0 Å². The van der Waals surface area contributed by atoms with Crippen LogP contribution in [0.25, 0.3) is 0 Å². The van der Waals surface area contributed by atoms with Gasteiger partial charge in [0.2, 0.25) is 5.91 Å². The van der Waals surface area contributed by atoms with E-state index in [0.29, 0.717) is 29.5 Å². The van der Waals surface area contributed by atoms with E-state index >= 15 is 0 Å². The number of imide groups is 1. The van der Waals surface area contributed by atoms with Gasteiger partial charge in [0.05, 0.1) is 31.1 Å². The molecule has 0 radical (unpaired) electrons.